The average Bonchev–Trinajstić information content (AvgIpc) is 2.56. The van der Waals surface area contributed by atoms with Crippen molar-refractivity contribution in [3.8, 4) is 0 Å². The first kappa shape index (κ1) is 14.4. The van der Waals surface area contributed by atoms with Gasteiger partial charge in [-0.1, -0.05) is 22.0 Å². The van der Waals surface area contributed by atoms with E-state index >= 15 is 0 Å². The number of halogens is 1. The smallest absolute Gasteiger partial charge is 0.128 e. The Bertz CT molecular complexity index is 598. The van der Waals surface area contributed by atoms with Crippen molar-refractivity contribution in [1.82, 2.24) is 4.98 Å². The lowest BCUT2D eigenvalue weighted by Gasteiger charge is -2.37. The Morgan fingerprint density at radius 1 is 1.05 bits per heavy atom. The van der Waals surface area contributed by atoms with Gasteiger partial charge in [-0.05, 0) is 30.3 Å². The fourth-order valence-corrected chi connectivity index (χ4v) is 3.11. The van der Waals surface area contributed by atoms with Crippen LogP contribution in [0.2, 0.25) is 0 Å². The molecule has 2 aromatic rings. The van der Waals surface area contributed by atoms with Crippen LogP contribution >= 0.6 is 15.9 Å². The number of hydrogen-bond acceptors (Lipinski definition) is 4. The van der Waals surface area contributed by atoms with Gasteiger partial charge in [0, 0.05) is 48.1 Å². The van der Waals surface area contributed by atoms with Crippen molar-refractivity contribution < 1.29 is 5.11 Å². The monoisotopic (exact) mass is 347 g/mol. The molecule has 2 heterocycles. The lowest BCUT2D eigenvalue weighted by Crippen LogP contribution is -2.47. The van der Waals surface area contributed by atoms with E-state index in [1.807, 2.05) is 30.5 Å². The van der Waals surface area contributed by atoms with Crippen LogP contribution in [0.15, 0.2) is 47.1 Å². The second-order valence-corrected chi connectivity index (χ2v) is 6.01. The molecule has 5 heteroatoms. The van der Waals surface area contributed by atoms with Crippen LogP contribution in [0.1, 0.15) is 5.56 Å². The third-order valence-electron chi connectivity index (χ3n) is 3.81. The lowest BCUT2D eigenvalue weighted by molar-refractivity contribution is 0.282. The van der Waals surface area contributed by atoms with Gasteiger partial charge in [0.15, 0.2) is 0 Å². The van der Waals surface area contributed by atoms with E-state index in [0.717, 1.165) is 47.7 Å². The molecule has 1 N–H and O–H groups in total. The zero-order valence-corrected chi connectivity index (χ0v) is 13.3. The third-order valence-corrected chi connectivity index (χ3v) is 4.30. The first-order valence-electron chi connectivity index (χ1n) is 7.08. The van der Waals surface area contributed by atoms with Gasteiger partial charge in [0.2, 0.25) is 0 Å². The Morgan fingerprint density at radius 3 is 2.48 bits per heavy atom. The van der Waals surface area contributed by atoms with Gasteiger partial charge < -0.3 is 14.9 Å². The molecule has 1 aliphatic rings. The minimum absolute atomic E-state index is 0.0647. The molecule has 3 rings (SSSR count). The van der Waals surface area contributed by atoms with Gasteiger partial charge in [0.1, 0.15) is 5.82 Å². The standard InChI is InChI=1S/C16H18BrN3O/c17-14-4-5-15(13(11-14)12-21)19-7-9-20(10-8-19)16-3-1-2-6-18-16/h1-6,11,21H,7-10,12H2. The number of rotatable bonds is 3. The van der Waals surface area contributed by atoms with Gasteiger partial charge >= 0.3 is 0 Å². The van der Waals surface area contributed by atoms with Crippen molar-refractivity contribution in [2.24, 2.45) is 0 Å². The summed E-state index contributed by atoms with van der Waals surface area (Å²) in [6.45, 7) is 3.82. The van der Waals surface area contributed by atoms with Crippen molar-refractivity contribution in [1.29, 1.82) is 0 Å². The summed E-state index contributed by atoms with van der Waals surface area (Å²) in [6, 6.07) is 12.1. The Hall–Kier alpha value is -1.59. The number of aliphatic hydroxyl groups is 1. The molecule has 21 heavy (non-hydrogen) atoms. The second-order valence-electron chi connectivity index (χ2n) is 5.09. The number of benzene rings is 1. The van der Waals surface area contributed by atoms with Crippen LogP contribution in [0.3, 0.4) is 0 Å². The predicted octanol–water partition coefficient (Wildman–Crippen LogP) is 2.66. The summed E-state index contributed by atoms with van der Waals surface area (Å²) in [5.41, 5.74) is 2.09. The first-order chi connectivity index (χ1) is 10.3. The molecule has 0 radical (unpaired) electrons. The van der Waals surface area contributed by atoms with E-state index in [9.17, 15) is 5.11 Å². The molecule has 0 saturated carbocycles. The molecule has 0 unspecified atom stereocenters. The van der Waals surface area contributed by atoms with Crippen LogP contribution in [-0.2, 0) is 6.61 Å². The molecule has 1 saturated heterocycles. The predicted molar refractivity (Wildman–Crippen MR) is 88.7 cm³/mol. The molecular weight excluding hydrogens is 330 g/mol. The quantitative estimate of drug-likeness (QED) is 0.926. The maximum absolute atomic E-state index is 9.54. The molecule has 4 nitrogen and oxygen atoms in total. The van der Waals surface area contributed by atoms with E-state index in [-0.39, 0.29) is 6.61 Å². The number of hydrogen-bond donors (Lipinski definition) is 1. The molecule has 0 atom stereocenters. The Labute approximate surface area is 133 Å². The van der Waals surface area contributed by atoms with Crippen molar-refractivity contribution in [3.63, 3.8) is 0 Å². The molecule has 1 aliphatic heterocycles. The topological polar surface area (TPSA) is 39.6 Å². The number of anilines is 2. The number of nitrogens with zero attached hydrogens (tertiary/aromatic N) is 3. The number of aliphatic hydroxyl groups excluding tert-OH is 1. The third kappa shape index (κ3) is 3.19. The van der Waals surface area contributed by atoms with Crippen LogP contribution in [0, 0.1) is 0 Å². The highest BCUT2D eigenvalue weighted by Gasteiger charge is 2.19. The Morgan fingerprint density at radius 2 is 1.81 bits per heavy atom. The van der Waals surface area contributed by atoms with Crippen molar-refractivity contribution in [3.05, 3.63) is 52.6 Å². The molecule has 0 amide bonds. The summed E-state index contributed by atoms with van der Waals surface area (Å²) in [4.78, 5) is 9.04. The van der Waals surface area contributed by atoms with E-state index < -0.39 is 0 Å². The van der Waals surface area contributed by atoms with Crippen molar-refractivity contribution in [2.75, 3.05) is 36.0 Å². The van der Waals surface area contributed by atoms with Gasteiger partial charge in [0.25, 0.3) is 0 Å². The van der Waals surface area contributed by atoms with Crippen LogP contribution in [0.5, 0.6) is 0 Å². The summed E-state index contributed by atoms with van der Waals surface area (Å²) >= 11 is 3.46. The summed E-state index contributed by atoms with van der Waals surface area (Å²) in [6.07, 6.45) is 1.83. The van der Waals surface area contributed by atoms with Gasteiger partial charge in [-0.25, -0.2) is 4.98 Å². The van der Waals surface area contributed by atoms with E-state index in [4.69, 9.17) is 0 Å². The highest BCUT2D eigenvalue weighted by Crippen LogP contribution is 2.26. The normalized spacial score (nSPS) is 15.3. The molecule has 0 spiro atoms. The van der Waals surface area contributed by atoms with Gasteiger partial charge in [-0.15, -0.1) is 0 Å². The number of pyridine rings is 1. The fraction of sp³-hybridized carbons (Fsp3) is 0.312. The van der Waals surface area contributed by atoms with Gasteiger partial charge in [-0.2, -0.15) is 0 Å². The van der Waals surface area contributed by atoms with E-state index in [1.165, 1.54) is 0 Å². The van der Waals surface area contributed by atoms with E-state index in [0.29, 0.717) is 0 Å². The van der Waals surface area contributed by atoms with Crippen LogP contribution in [-0.4, -0.2) is 36.3 Å². The summed E-state index contributed by atoms with van der Waals surface area (Å²) in [5, 5.41) is 9.54. The zero-order valence-electron chi connectivity index (χ0n) is 11.7. The molecule has 1 fully saturated rings. The van der Waals surface area contributed by atoms with Crippen LogP contribution < -0.4 is 9.80 Å². The Balaban J connectivity index is 1.71. The summed E-state index contributed by atoms with van der Waals surface area (Å²) < 4.78 is 1.00. The van der Waals surface area contributed by atoms with Crippen LogP contribution in [0.4, 0.5) is 11.5 Å². The molecule has 0 bridgehead atoms. The van der Waals surface area contributed by atoms with Crippen LogP contribution in [0.25, 0.3) is 0 Å². The maximum Gasteiger partial charge on any atom is 0.128 e. The highest BCUT2D eigenvalue weighted by molar-refractivity contribution is 9.10. The second kappa shape index (κ2) is 6.45. The largest absolute Gasteiger partial charge is 0.392 e. The first-order valence-corrected chi connectivity index (χ1v) is 7.87. The van der Waals surface area contributed by atoms with E-state index in [2.05, 4.69) is 42.8 Å². The Kier molecular flexibility index (Phi) is 4.41. The van der Waals surface area contributed by atoms with Gasteiger partial charge in [-0.3, -0.25) is 0 Å². The molecule has 0 aliphatic carbocycles. The number of aromatic nitrogens is 1. The highest BCUT2D eigenvalue weighted by atomic mass is 79.9. The molecule has 110 valence electrons. The summed E-state index contributed by atoms with van der Waals surface area (Å²) in [5.74, 6) is 1.04. The lowest BCUT2D eigenvalue weighted by atomic mass is 10.1. The number of piperazine rings is 1. The maximum atomic E-state index is 9.54. The minimum atomic E-state index is 0.0647. The molecule has 1 aromatic heterocycles. The van der Waals surface area contributed by atoms with E-state index in [1.54, 1.807) is 0 Å². The minimum Gasteiger partial charge on any atom is -0.392 e. The SMILES string of the molecule is OCc1cc(Br)ccc1N1CCN(c2ccccn2)CC1. The van der Waals surface area contributed by atoms with Crippen molar-refractivity contribution >= 4 is 27.4 Å². The summed E-state index contributed by atoms with van der Waals surface area (Å²) in [7, 11) is 0. The zero-order chi connectivity index (χ0) is 14.7. The molecular formula is C16H18BrN3O. The average molecular weight is 348 g/mol. The molecule has 1 aromatic carbocycles. The fourth-order valence-electron chi connectivity index (χ4n) is 2.71. The van der Waals surface area contributed by atoms with Crippen molar-refractivity contribution in [2.45, 2.75) is 6.61 Å². The van der Waals surface area contributed by atoms with Gasteiger partial charge in [0.05, 0.1) is 6.61 Å².